The lowest BCUT2D eigenvalue weighted by molar-refractivity contribution is 0.0963. The van der Waals surface area contributed by atoms with E-state index < -0.39 is 0 Å². The second-order valence-electron chi connectivity index (χ2n) is 3.81. The number of nitrogens with two attached hydrogens (primary N) is 1. The Bertz CT molecular complexity index is 393. The van der Waals surface area contributed by atoms with Crippen LogP contribution in [0.15, 0.2) is 18.2 Å². The molecule has 1 unspecified atom stereocenters. The van der Waals surface area contributed by atoms with Gasteiger partial charge in [0.1, 0.15) is 0 Å². The normalized spacial score (nSPS) is 11.9. The summed E-state index contributed by atoms with van der Waals surface area (Å²) in [4.78, 5) is 11.6. The van der Waals surface area contributed by atoms with Crippen molar-refractivity contribution < 1.29 is 9.53 Å². The summed E-state index contributed by atoms with van der Waals surface area (Å²) in [5.41, 5.74) is 7.61. The number of rotatable bonds is 5. The predicted octanol–water partition coefficient (Wildman–Crippen LogP) is 1.08. The first-order valence-corrected chi connectivity index (χ1v) is 5.46. The predicted molar refractivity (Wildman–Crippen MR) is 69.2 cm³/mol. The quantitative estimate of drug-likeness (QED) is 0.670. The summed E-state index contributed by atoms with van der Waals surface area (Å²) in [6.07, 6.45) is 0.0639. The molecule has 0 saturated carbocycles. The molecule has 0 aliphatic carbocycles. The maximum Gasteiger partial charge on any atom is 0.253 e. The van der Waals surface area contributed by atoms with Crippen molar-refractivity contribution >= 4 is 17.3 Å². The molecule has 5 nitrogen and oxygen atoms in total. The molecule has 4 N–H and O–H groups in total. The summed E-state index contributed by atoms with van der Waals surface area (Å²) >= 11 is 0. The highest BCUT2D eigenvalue weighted by Crippen LogP contribution is 2.19. The maximum absolute atomic E-state index is 11.6. The second kappa shape index (κ2) is 6.10. The summed E-state index contributed by atoms with van der Waals surface area (Å²) in [7, 11) is 3.24. The number of methoxy groups -OCH3 is 1. The van der Waals surface area contributed by atoms with Crippen LogP contribution in [-0.2, 0) is 4.74 Å². The molecule has 5 heteroatoms. The largest absolute Gasteiger partial charge is 0.399 e. The molecule has 1 aromatic carbocycles. The van der Waals surface area contributed by atoms with Crippen LogP contribution in [0.2, 0.25) is 0 Å². The van der Waals surface area contributed by atoms with Crippen LogP contribution in [0.25, 0.3) is 0 Å². The molecule has 0 aliphatic heterocycles. The smallest absolute Gasteiger partial charge is 0.253 e. The number of nitrogen functional groups attached to an aromatic ring is 1. The fourth-order valence-corrected chi connectivity index (χ4v) is 1.38. The second-order valence-corrected chi connectivity index (χ2v) is 3.81. The van der Waals surface area contributed by atoms with Crippen LogP contribution < -0.4 is 16.4 Å². The van der Waals surface area contributed by atoms with Crippen LogP contribution in [0.3, 0.4) is 0 Å². The number of hydrogen-bond donors (Lipinski definition) is 3. The van der Waals surface area contributed by atoms with Crippen molar-refractivity contribution in [1.82, 2.24) is 5.32 Å². The van der Waals surface area contributed by atoms with Gasteiger partial charge in [0.15, 0.2) is 0 Å². The first-order valence-electron chi connectivity index (χ1n) is 5.46. The lowest BCUT2D eigenvalue weighted by atomic mass is 10.1. The number of ether oxygens (including phenoxy) is 1. The Balaban J connectivity index is 2.87. The van der Waals surface area contributed by atoms with Crippen molar-refractivity contribution in [2.24, 2.45) is 0 Å². The fraction of sp³-hybridized carbons (Fsp3) is 0.417. The van der Waals surface area contributed by atoms with Gasteiger partial charge in [-0.05, 0) is 25.1 Å². The van der Waals surface area contributed by atoms with E-state index >= 15 is 0 Å². The van der Waals surface area contributed by atoms with E-state index in [-0.39, 0.29) is 12.0 Å². The molecule has 0 heterocycles. The highest BCUT2D eigenvalue weighted by Gasteiger charge is 2.10. The molecular weight excluding hydrogens is 218 g/mol. The van der Waals surface area contributed by atoms with Gasteiger partial charge in [-0.2, -0.15) is 0 Å². The van der Waals surface area contributed by atoms with Crippen molar-refractivity contribution in [2.45, 2.75) is 13.0 Å². The monoisotopic (exact) mass is 237 g/mol. The zero-order chi connectivity index (χ0) is 12.8. The average Bonchev–Trinajstić information content (AvgIpc) is 2.35. The number of anilines is 2. The molecule has 0 radical (unpaired) electrons. The van der Waals surface area contributed by atoms with Crippen LogP contribution >= 0.6 is 0 Å². The van der Waals surface area contributed by atoms with E-state index in [2.05, 4.69) is 10.6 Å². The Labute approximate surface area is 101 Å². The number of carbonyl (C=O) groups excluding carboxylic acids is 1. The van der Waals surface area contributed by atoms with E-state index in [9.17, 15) is 4.79 Å². The molecule has 1 aromatic rings. The van der Waals surface area contributed by atoms with E-state index in [4.69, 9.17) is 10.5 Å². The zero-order valence-electron chi connectivity index (χ0n) is 10.4. The van der Waals surface area contributed by atoms with Gasteiger partial charge in [-0.25, -0.2) is 0 Å². The summed E-state index contributed by atoms with van der Waals surface area (Å²) in [5.74, 6) is -0.141. The van der Waals surface area contributed by atoms with Crippen LogP contribution in [0, 0.1) is 0 Å². The Kier molecular flexibility index (Phi) is 4.78. The molecule has 0 fully saturated rings. The molecule has 0 aromatic heterocycles. The Hall–Kier alpha value is -1.75. The summed E-state index contributed by atoms with van der Waals surface area (Å²) in [6.45, 7) is 2.56. The number of benzene rings is 1. The van der Waals surface area contributed by atoms with Crippen LogP contribution in [0.4, 0.5) is 11.4 Å². The summed E-state index contributed by atoms with van der Waals surface area (Å²) in [6, 6.07) is 5.15. The lowest BCUT2D eigenvalue weighted by Gasteiger charge is -2.15. The molecule has 0 saturated heterocycles. The molecule has 17 heavy (non-hydrogen) atoms. The van der Waals surface area contributed by atoms with Crippen LogP contribution in [0.1, 0.15) is 17.3 Å². The van der Waals surface area contributed by atoms with Gasteiger partial charge in [0, 0.05) is 32.1 Å². The maximum atomic E-state index is 11.6. The van der Waals surface area contributed by atoms with Crippen molar-refractivity contribution in [1.29, 1.82) is 0 Å². The molecule has 1 rings (SSSR count). The number of hydrogen-bond acceptors (Lipinski definition) is 4. The van der Waals surface area contributed by atoms with E-state index in [1.807, 2.05) is 6.92 Å². The van der Waals surface area contributed by atoms with Gasteiger partial charge >= 0.3 is 0 Å². The van der Waals surface area contributed by atoms with Crippen molar-refractivity contribution in [3.63, 3.8) is 0 Å². The minimum Gasteiger partial charge on any atom is -0.399 e. The van der Waals surface area contributed by atoms with Crippen LogP contribution in [0.5, 0.6) is 0 Å². The van der Waals surface area contributed by atoms with Crippen LogP contribution in [-0.4, -0.2) is 32.7 Å². The van der Waals surface area contributed by atoms with Gasteiger partial charge in [0.2, 0.25) is 0 Å². The van der Waals surface area contributed by atoms with Gasteiger partial charge in [0.25, 0.3) is 5.91 Å². The SMILES string of the molecule is CNC(=O)c1ccc(N)cc1NCC(C)OC. The van der Waals surface area contributed by atoms with Gasteiger partial charge in [-0.1, -0.05) is 0 Å². The van der Waals surface area contributed by atoms with Gasteiger partial charge < -0.3 is 21.1 Å². The van der Waals surface area contributed by atoms with Gasteiger partial charge in [-0.3, -0.25) is 4.79 Å². The summed E-state index contributed by atoms with van der Waals surface area (Å²) in [5, 5.41) is 5.75. The highest BCUT2D eigenvalue weighted by atomic mass is 16.5. The van der Waals surface area contributed by atoms with E-state index in [0.29, 0.717) is 23.5 Å². The average molecular weight is 237 g/mol. The third-order valence-electron chi connectivity index (χ3n) is 2.50. The van der Waals surface area contributed by atoms with E-state index in [0.717, 1.165) is 0 Å². The highest BCUT2D eigenvalue weighted by molar-refractivity contribution is 6.00. The minimum absolute atomic E-state index is 0.0639. The molecule has 1 amide bonds. The van der Waals surface area contributed by atoms with Crippen molar-refractivity contribution in [3.8, 4) is 0 Å². The van der Waals surface area contributed by atoms with Crippen molar-refractivity contribution in [3.05, 3.63) is 23.8 Å². The molecular formula is C12H19N3O2. The minimum atomic E-state index is -0.141. The first kappa shape index (κ1) is 13.3. The van der Waals surface area contributed by atoms with Gasteiger partial charge in [0.05, 0.1) is 11.7 Å². The molecule has 0 spiro atoms. The lowest BCUT2D eigenvalue weighted by Crippen LogP contribution is -2.23. The summed E-state index contributed by atoms with van der Waals surface area (Å²) < 4.78 is 5.13. The third-order valence-corrected chi connectivity index (χ3v) is 2.50. The Morgan fingerprint density at radius 3 is 2.82 bits per heavy atom. The molecule has 94 valence electrons. The fourth-order valence-electron chi connectivity index (χ4n) is 1.38. The molecule has 0 bridgehead atoms. The van der Waals surface area contributed by atoms with Crippen molar-refractivity contribution in [2.75, 3.05) is 31.8 Å². The standard InChI is InChI=1S/C12H19N3O2/c1-8(17-3)7-15-11-6-9(13)4-5-10(11)12(16)14-2/h4-6,8,15H,7,13H2,1-3H3,(H,14,16). The Morgan fingerprint density at radius 2 is 2.24 bits per heavy atom. The number of carbonyl (C=O) groups is 1. The van der Waals surface area contributed by atoms with E-state index in [1.54, 1.807) is 32.4 Å². The van der Waals surface area contributed by atoms with Gasteiger partial charge in [-0.15, -0.1) is 0 Å². The third kappa shape index (κ3) is 3.64. The molecule has 1 atom stereocenters. The van der Waals surface area contributed by atoms with E-state index in [1.165, 1.54) is 0 Å². The topological polar surface area (TPSA) is 76.4 Å². The number of amides is 1. The zero-order valence-corrected chi connectivity index (χ0v) is 10.4. The first-order chi connectivity index (χ1) is 8.08. The Morgan fingerprint density at radius 1 is 1.53 bits per heavy atom. The number of nitrogens with one attached hydrogen (secondary N) is 2. The molecule has 0 aliphatic rings.